The van der Waals surface area contributed by atoms with E-state index >= 15 is 0 Å². The molecule has 1 aromatic carbocycles. The molecule has 1 unspecified atom stereocenters. The molecule has 9 heteroatoms. The number of nitrogens with one attached hydrogen (secondary N) is 2. The smallest absolute Gasteiger partial charge is 0.329 e. The van der Waals surface area contributed by atoms with E-state index in [2.05, 4.69) is 31.7 Å². The second-order valence-corrected chi connectivity index (χ2v) is 7.84. The summed E-state index contributed by atoms with van der Waals surface area (Å²) in [6.07, 6.45) is 7.81. The molecule has 0 saturated heterocycles. The summed E-state index contributed by atoms with van der Waals surface area (Å²) in [6.45, 7) is 1.92. The van der Waals surface area contributed by atoms with E-state index in [1.807, 2.05) is 18.2 Å². The molecule has 0 saturated carbocycles. The first kappa shape index (κ1) is 23.2. The molecule has 1 aliphatic rings. The Labute approximate surface area is 197 Å². The average molecular weight is 462 g/mol. The van der Waals surface area contributed by atoms with E-state index in [0.717, 1.165) is 41.6 Å². The highest BCUT2D eigenvalue weighted by Crippen LogP contribution is 2.38. The summed E-state index contributed by atoms with van der Waals surface area (Å²) in [5.74, 6) is 0.382. The summed E-state index contributed by atoms with van der Waals surface area (Å²) in [6, 6.07) is 8.05. The summed E-state index contributed by atoms with van der Waals surface area (Å²) in [4.78, 5) is 38.2. The van der Waals surface area contributed by atoms with E-state index in [4.69, 9.17) is 9.47 Å². The number of ether oxygens (including phenoxy) is 2. The molecule has 0 spiro atoms. The first-order chi connectivity index (χ1) is 16.6. The van der Waals surface area contributed by atoms with Crippen LogP contribution in [-0.4, -0.2) is 46.7 Å². The Morgan fingerprint density at radius 2 is 1.91 bits per heavy atom. The van der Waals surface area contributed by atoms with Crippen molar-refractivity contribution in [3.05, 3.63) is 65.9 Å². The third-order valence-electron chi connectivity index (χ3n) is 5.66. The fraction of sp³-hybridized carbons (Fsp3) is 0.320. The van der Waals surface area contributed by atoms with Crippen molar-refractivity contribution in [2.75, 3.05) is 19.0 Å². The van der Waals surface area contributed by atoms with Gasteiger partial charge in [-0.3, -0.25) is 0 Å². The Hall–Kier alpha value is -4.01. The van der Waals surface area contributed by atoms with Crippen molar-refractivity contribution < 1.29 is 19.1 Å². The summed E-state index contributed by atoms with van der Waals surface area (Å²) in [7, 11) is 1.56. The lowest BCUT2D eigenvalue weighted by Crippen LogP contribution is -2.45. The molecule has 0 bridgehead atoms. The minimum Gasteiger partial charge on any atom is -0.481 e. The number of carbonyl (C=O) groups is 2. The number of aryl methyl sites for hydroxylation is 1. The molecule has 2 N–H and O–H groups in total. The lowest BCUT2D eigenvalue weighted by Gasteiger charge is -2.20. The molecule has 0 fully saturated rings. The number of pyridine rings is 1. The van der Waals surface area contributed by atoms with Gasteiger partial charge in [-0.15, -0.1) is 0 Å². The van der Waals surface area contributed by atoms with Crippen LogP contribution in [0, 0.1) is 0 Å². The summed E-state index contributed by atoms with van der Waals surface area (Å²) in [5, 5.41) is 5.75. The summed E-state index contributed by atoms with van der Waals surface area (Å²) in [5.41, 5.74) is 4.76. The highest BCUT2D eigenvalue weighted by atomic mass is 16.5. The van der Waals surface area contributed by atoms with E-state index in [0.29, 0.717) is 11.7 Å². The number of rotatable bonds is 8. The molecule has 3 aromatic rings. The second kappa shape index (κ2) is 10.7. The third kappa shape index (κ3) is 5.31. The quantitative estimate of drug-likeness (QED) is 0.495. The topological polar surface area (TPSA) is 115 Å². The number of hydrogen-bond donors (Lipinski definition) is 2. The maximum absolute atomic E-state index is 13.1. The molecule has 0 radical (unpaired) electrons. The fourth-order valence-electron chi connectivity index (χ4n) is 4.10. The van der Waals surface area contributed by atoms with Crippen molar-refractivity contribution in [1.82, 2.24) is 20.3 Å². The zero-order valence-corrected chi connectivity index (χ0v) is 19.2. The molecular weight excluding hydrogens is 434 g/mol. The zero-order valence-electron chi connectivity index (χ0n) is 19.2. The lowest BCUT2D eigenvalue weighted by atomic mass is 9.98. The largest absolute Gasteiger partial charge is 0.481 e. The fourth-order valence-corrected chi connectivity index (χ4v) is 4.10. The first-order valence-electron chi connectivity index (χ1n) is 11.2. The van der Waals surface area contributed by atoms with Crippen molar-refractivity contribution in [3.8, 4) is 17.0 Å². The number of hydrogen-bond acceptors (Lipinski definition) is 7. The number of fused-ring (bicyclic) bond motifs is 1. The first-order valence-corrected chi connectivity index (χ1v) is 11.2. The van der Waals surface area contributed by atoms with Gasteiger partial charge in [0, 0.05) is 36.6 Å². The molecule has 1 aliphatic carbocycles. The van der Waals surface area contributed by atoms with Crippen molar-refractivity contribution >= 4 is 17.7 Å². The van der Waals surface area contributed by atoms with E-state index < -0.39 is 18.0 Å². The molecule has 0 aliphatic heterocycles. The maximum Gasteiger partial charge on any atom is 0.329 e. The van der Waals surface area contributed by atoms with E-state index in [9.17, 15) is 9.59 Å². The number of carbonyl (C=O) groups excluding carboxylic acids is 2. The van der Waals surface area contributed by atoms with Crippen molar-refractivity contribution in [3.63, 3.8) is 0 Å². The number of methoxy groups -OCH3 is 1. The highest BCUT2D eigenvalue weighted by Gasteiger charge is 2.26. The van der Waals surface area contributed by atoms with Gasteiger partial charge in [-0.25, -0.2) is 24.5 Å². The Bertz CT molecular complexity index is 1170. The standard InChI is InChI=1S/C25H27N5O4/c1-3-34-24(31)20(15-21-26-11-5-12-27-21)29-25(32)30-23-18-7-4-6-16(18)8-9-19(23)17-10-13-28-22(14-17)33-2/h5,8-14,20H,3-4,6-7,15H2,1-2H3,(H2,29,30,32). The van der Waals surface area contributed by atoms with Gasteiger partial charge in [0.1, 0.15) is 11.9 Å². The Morgan fingerprint density at radius 1 is 1.09 bits per heavy atom. The number of urea groups is 1. The monoisotopic (exact) mass is 461 g/mol. The van der Waals surface area contributed by atoms with Crippen LogP contribution in [0.4, 0.5) is 10.5 Å². The number of aromatic nitrogens is 3. The van der Waals surface area contributed by atoms with Crippen LogP contribution in [-0.2, 0) is 28.8 Å². The van der Waals surface area contributed by atoms with Crippen LogP contribution in [0.15, 0.2) is 48.9 Å². The van der Waals surface area contributed by atoms with Crippen LogP contribution in [0.2, 0.25) is 0 Å². The van der Waals surface area contributed by atoms with Gasteiger partial charge in [0.05, 0.1) is 19.4 Å². The third-order valence-corrected chi connectivity index (χ3v) is 5.66. The molecule has 176 valence electrons. The van der Waals surface area contributed by atoms with E-state index in [1.54, 1.807) is 38.7 Å². The van der Waals surface area contributed by atoms with Gasteiger partial charge in [0.2, 0.25) is 5.88 Å². The van der Waals surface area contributed by atoms with Gasteiger partial charge in [0.25, 0.3) is 0 Å². The minimum absolute atomic E-state index is 0.119. The number of benzene rings is 1. The molecule has 1 atom stereocenters. The molecule has 9 nitrogen and oxygen atoms in total. The second-order valence-electron chi connectivity index (χ2n) is 7.84. The van der Waals surface area contributed by atoms with Crippen LogP contribution >= 0.6 is 0 Å². The number of anilines is 1. The van der Waals surface area contributed by atoms with Crippen LogP contribution in [0.3, 0.4) is 0 Å². The minimum atomic E-state index is -0.927. The SMILES string of the molecule is CCOC(=O)C(Cc1ncccn1)NC(=O)Nc1c(-c2ccnc(OC)c2)ccc2c1CCC2. The predicted molar refractivity (Wildman–Crippen MR) is 127 cm³/mol. The molecular formula is C25H27N5O4. The molecule has 2 amide bonds. The Balaban J connectivity index is 1.61. The van der Waals surface area contributed by atoms with Gasteiger partial charge in [-0.2, -0.15) is 0 Å². The van der Waals surface area contributed by atoms with Gasteiger partial charge >= 0.3 is 12.0 Å². The molecule has 2 aromatic heterocycles. The van der Waals surface area contributed by atoms with Crippen LogP contribution in [0.1, 0.15) is 30.3 Å². The van der Waals surface area contributed by atoms with Crippen molar-refractivity contribution in [2.24, 2.45) is 0 Å². The molecule has 2 heterocycles. The van der Waals surface area contributed by atoms with Gasteiger partial charge in [0.15, 0.2) is 0 Å². The Kier molecular flexibility index (Phi) is 7.31. The molecule has 34 heavy (non-hydrogen) atoms. The number of nitrogens with zero attached hydrogens (tertiary/aromatic N) is 3. The van der Waals surface area contributed by atoms with Crippen molar-refractivity contribution in [2.45, 2.75) is 38.6 Å². The van der Waals surface area contributed by atoms with Gasteiger partial charge < -0.3 is 20.1 Å². The van der Waals surface area contributed by atoms with Gasteiger partial charge in [-0.1, -0.05) is 12.1 Å². The van der Waals surface area contributed by atoms with Crippen LogP contribution in [0.5, 0.6) is 5.88 Å². The Morgan fingerprint density at radius 3 is 2.68 bits per heavy atom. The van der Waals surface area contributed by atoms with Gasteiger partial charge in [-0.05, 0) is 55.0 Å². The van der Waals surface area contributed by atoms with E-state index in [1.165, 1.54) is 5.56 Å². The highest BCUT2D eigenvalue weighted by molar-refractivity contribution is 5.98. The number of esters is 1. The zero-order chi connectivity index (χ0) is 23.9. The predicted octanol–water partition coefficient (Wildman–Crippen LogP) is 3.33. The summed E-state index contributed by atoms with van der Waals surface area (Å²) >= 11 is 0. The average Bonchev–Trinajstić information content (AvgIpc) is 3.34. The van der Waals surface area contributed by atoms with E-state index in [-0.39, 0.29) is 13.0 Å². The van der Waals surface area contributed by atoms with Crippen LogP contribution in [0.25, 0.3) is 11.1 Å². The number of amides is 2. The van der Waals surface area contributed by atoms with Crippen molar-refractivity contribution in [1.29, 1.82) is 0 Å². The maximum atomic E-state index is 13.1. The molecule has 4 rings (SSSR count). The summed E-state index contributed by atoms with van der Waals surface area (Å²) < 4.78 is 10.4. The lowest BCUT2D eigenvalue weighted by molar-refractivity contribution is -0.145. The normalized spacial score (nSPS) is 13.0. The van der Waals surface area contributed by atoms with Crippen LogP contribution < -0.4 is 15.4 Å².